The number of amides is 2. The van der Waals surface area contributed by atoms with Gasteiger partial charge in [0.05, 0.1) is 10.6 Å². The molecular formula is C16H13ClF2N2O3. The molecule has 0 aliphatic carbocycles. The minimum absolute atomic E-state index is 0.281. The lowest BCUT2D eigenvalue weighted by Gasteiger charge is -2.10. The van der Waals surface area contributed by atoms with Crippen molar-refractivity contribution < 1.29 is 23.1 Å². The van der Waals surface area contributed by atoms with Gasteiger partial charge in [0.1, 0.15) is 5.75 Å². The maximum Gasteiger partial charge on any atom is 0.276 e. The lowest BCUT2D eigenvalue weighted by atomic mass is 10.2. The van der Waals surface area contributed by atoms with Crippen LogP contribution in [0.2, 0.25) is 5.02 Å². The van der Waals surface area contributed by atoms with E-state index in [0.717, 1.165) is 5.56 Å². The van der Waals surface area contributed by atoms with Crippen molar-refractivity contribution in [3.8, 4) is 5.75 Å². The molecule has 0 fully saturated rings. The second-order valence-electron chi connectivity index (χ2n) is 4.85. The summed E-state index contributed by atoms with van der Waals surface area (Å²) in [6.45, 7) is 1.54. The van der Waals surface area contributed by atoms with E-state index < -0.39 is 23.4 Å². The van der Waals surface area contributed by atoms with Gasteiger partial charge >= 0.3 is 0 Å². The Morgan fingerprint density at radius 1 is 1.12 bits per heavy atom. The monoisotopic (exact) mass is 354 g/mol. The van der Waals surface area contributed by atoms with E-state index in [-0.39, 0.29) is 17.2 Å². The Hall–Kier alpha value is -2.67. The third-order valence-electron chi connectivity index (χ3n) is 2.93. The fourth-order valence-electron chi connectivity index (χ4n) is 1.78. The smallest absolute Gasteiger partial charge is 0.276 e. The van der Waals surface area contributed by atoms with Crippen molar-refractivity contribution in [2.24, 2.45) is 0 Å². The van der Waals surface area contributed by atoms with Crippen molar-refractivity contribution in [3.05, 3.63) is 64.2 Å². The van der Waals surface area contributed by atoms with Crippen molar-refractivity contribution in [1.29, 1.82) is 0 Å². The summed E-state index contributed by atoms with van der Waals surface area (Å²) in [7, 11) is 0. The first-order valence-electron chi connectivity index (χ1n) is 6.80. The van der Waals surface area contributed by atoms with Crippen LogP contribution in [-0.2, 0) is 4.79 Å². The summed E-state index contributed by atoms with van der Waals surface area (Å²) in [5.41, 5.74) is 4.79. The number of benzene rings is 2. The Labute approximate surface area is 141 Å². The number of carbonyl (C=O) groups is 2. The molecule has 0 atom stereocenters. The molecule has 8 heteroatoms. The van der Waals surface area contributed by atoms with Gasteiger partial charge in [0.2, 0.25) is 0 Å². The van der Waals surface area contributed by atoms with Gasteiger partial charge in [0.25, 0.3) is 11.8 Å². The number of carbonyl (C=O) groups excluding carboxylic acids is 2. The van der Waals surface area contributed by atoms with E-state index in [9.17, 15) is 18.4 Å². The van der Waals surface area contributed by atoms with Gasteiger partial charge < -0.3 is 4.74 Å². The summed E-state index contributed by atoms with van der Waals surface area (Å²) in [4.78, 5) is 23.4. The summed E-state index contributed by atoms with van der Waals surface area (Å²) in [5, 5.41) is -0.281. The summed E-state index contributed by atoms with van der Waals surface area (Å²) >= 11 is 5.66. The third-order valence-corrected chi connectivity index (χ3v) is 3.24. The van der Waals surface area contributed by atoms with E-state index in [1.165, 1.54) is 0 Å². The molecule has 0 saturated heterocycles. The van der Waals surface area contributed by atoms with E-state index in [4.69, 9.17) is 16.3 Å². The van der Waals surface area contributed by atoms with Crippen molar-refractivity contribution in [2.45, 2.75) is 6.92 Å². The van der Waals surface area contributed by atoms with Gasteiger partial charge in [-0.25, -0.2) is 8.78 Å². The number of rotatable bonds is 4. The third kappa shape index (κ3) is 4.66. The maximum atomic E-state index is 13.1. The number of nitrogens with one attached hydrogen (secondary N) is 2. The van der Waals surface area contributed by atoms with Crippen LogP contribution in [0.1, 0.15) is 15.9 Å². The minimum Gasteiger partial charge on any atom is -0.484 e. The number of hydrogen-bond acceptors (Lipinski definition) is 3. The summed E-state index contributed by atoms with van der Waals surface area (Å²) < 4.78 is 31.3. The van der Waals surface area contributed by atoms with Crippen LogP contribution in [0.3, 0.4) is 0 Å². The molecule has 0 bridgehead atoms. The quantitative estimate of drug-likeness (QED) is 0.655. The molecule has 2 rings (SSSR count). The van der Waals surface area contributed by atoms with Gasteiger partial charge in [0, 0.05) is 0 Å². The molecule has 0 aliphatic heterocycles. The molecule has 0 spiro atoms. The van der Waals surface area contributed by atoms with Crippen LogP contribution in [0.15, 0.2) is 36.4 Å². The lowest BCUT2D eigenvalue weighted by Crippen LogP contribution is -2.44. The predicted molar refractivity (Wildman–Crippen MR) is 83.7 cm³/mol. The molecule has 2 N–H and O–H groups in total. The van der Waals surface area contributed by atoms with Crippen LogP contribution in [0.4, 0.5) is 8.78 Å². The van der Waals surface area contributed by atoms with E-state index >= 15 is 0 Å². The SMILES string of the molecule is Cc1cccc(OCC(=O)NNC(=O)c2cc(F)c(F)cc2Cl)c1. The molecule has 0 saturated carbocycles. The standard InChI is InChI=1S/C16H13ClF2N2O3/c1-9-3-2-4-10(5-9)24-8-15(22)20-21-16(23)11-6-13(18)14(19)7-12(11)17/h2-7H,8H2,1H3,(H,20,22)(H,21,23). The molecular weight excluding hydrogens is 342 g/mol. The molecule has 0 aromatic heterocycles. The first-order valence-corrected chi connectivity index (χ1v) is 7.18. The van der Waals surface area contributed by atoms with Crippen LogP contribution in [0, 0.1) is 18.6 Å². The average Bonchev–Trinajstić information content (AvgIpc) is 2.54. The zero-order valence-electron chi connectivity index (χ0n) is 12.5. The highest BCUT2D eigenvalue weighted by Gasteiger charge is 2.15. The lowest BCUT2D eigenvalue weighted by molar-refractivity contribution is -0.123. The van der Waals surface area contributed by atoms with Gasteiger partial charge in [-0.3, -0.25) is 20.4 Å². The molecule has 0 heterocycles. The number of aryl methyl sites for hydroxylation is 1. The highest BCUT2D eigenvalue weighted by atomic mass is 35.5. The van der Waals surface area contributed by atoms with Crippen molar-refractivity contribution in [1.82, 2.24) is 10.9 Å². The molecule has 2 aromatic rings. The number of halogens is 3. The molecule has 126 valence electrons. The maximum absolute atomic E-state index is 13.1. The summed E-state index contributed by atoms with van der Waals surface area (Å²) in [6.07, 6.45) is 0. The fraction of sp³-hybridized carbons (Fsp3) is 0.125. The van der Waals surface area contributed by atoms with E-state index in [0.29, 0.717) is 17.9 Å². The number of ether oxygens (including phenoxy) is 1. The second-order valence-corrected chi connectivity index (χ2v) is 5.26. The second kappa shape index (κ2) is 7.74. The van der Waals surface area contributed by atoms with Crippen LogP contribution in [0.25, 0.3) is 0 Å². The molecule has 0 radical (unpaired) electrons. The van der Waals surface area contributed by atoms with Crippen LogP contribution in [-0.4, -0.2) is 18.4 Å². The largest absolute Gasteiger partial charge is 0.484 e. The average molecular weight is 355 g/mol. The van der Waals surface area contributed by atoms with Gasteiger partial charge in [-0.2, -0.15) is 0 Å². The topological polar surface area (TPSA) is 67.4 Å². The molecule has 0 aliphatic rings. The Morgan fingerprint density at radius 3 is 2.54 bits per heavy atom. The van der Waals surface area contributed by atoms with Crippen molar-refractivity contribution in [2.75, 3.05) is 6.61 Å². The van der Waals surface area contributed by atoms with E-state index in [1.807, 2.05) is 18.4 Å². The Morgan fingerprint density at radius 2 is 1.83 bits per heavy atom. The van der Waals surface area contributed by atoms with Gasteiger partial charge in [-0.15, -0.1) is 0 Å². The minimum atomic E-state index is -1.22. The molecule has 2 aromatic carbocycles. The highest BCUT2D eigenvalue weighted by molar-refractivity contribution is 6.33. The zero-order valence-corrected chi connectivity index (χ0v) is 13.3. The van der Waals surface area contributed by atoms with Crippen LogP contribution < -0.4 is 15.6 Å². The first kappa shape index (κ1) is 17.7. The van der Waals surface area contributed by atoms with Crippen LogP contribution in [0.5, 0.6) is 5.75 Å². The van der Waals surface area contributed by atoms with Crippen molar-refractivity contribution >= 4 is 23.4 Å². The highest BCUT2D eigenvalue weighted by Crippen LogP contribution is 2.19. The number of hydrazine groups is 1. The predicted octanol–water partition coefficient (Wildman–Crippen LogP) is 2.77. The molecule has 0 unspecified atom stereocenters. The van der Waals surface area contributed by atoms with E-state index in [2.05, 4.69) is 5.43 Å². The Kier molecular flexibility index (Phi) is 5.70. The van der Waals surface area contributed by atoms with Gasteiger partial charge in [-0.05, 0) is 36.8 Å². The molecule has 2 amide bonds. The number of hydrogen-bond donors (Lipinski definition) is 2. The summed E-state index contributed by atoms with van der Waals surface area (Å²) in [5.74, 6) is -3.42. The fourth-order valence-corrected chi connectivity index (χ4v) is 2.02. The van der Waals surface area contributed by atoms with Crippen molar-refractivity contribution in [3.63, 3.8) is 0 Å². The normalized spacial score (nSPS) is 10.2. The first-order chi connectivity index (χ1) is 11.4. The Bertz CT molecular complexity index is 784. The van der Waals surface area contributed by atoms with Gasteiger partial charge in [-0.1, -0.05) is 23.7 Å². The summed E-state index contributed by atoms with van der Waals surface area (Å²) in [6, 6.07) is 8.39. The zero-order chi connectivity index (χ0) is 17.7. The van der Waals surface area contributed by atoms with Crippen LogP contribution >= 0.6 is 11.6 Å². The van der Waals surface area contributed by atoms with E-state index in [1.54, 1.807) is 18.2 Å². The molecule has 5 nitrogen and oxygen atoms in total. The molecule has 24 heavy (non-hydrogen) atoms. The Balaban J connectivity index is 1.87. The van der Waals surface area contributed by atoms with Gasteiger partial charge in [0.15, 0.2) is 18.2 Å².